The molecule has 26 heavy (non-hydrogen) atoms. The van der Waals surface area contributed by atoms with E-state index in [1.165, 1.54) is 57.6 Å². The third-order valence-electron chi connectivity index (χ3n) is 5.61. The lowest BCUT2D eigenvalue weighted by Crippen LogP contribution is -1.92. The minimum atomic E-state index is 0.0176. The van der Waals surface area contributed by atoms with Crippen LogP contribution >= 0.6 is 7.92 Å². The van der Waals surface area contributed by atoms with Crippen LogP contribution in [-0.4, -0.2) is 6.16 Å². The van der Waals surface area contributed by atoms with Crippen LogP contribution in [0.25, 0.3) is 32.7 Å². The molecular formula is C25H23P. The molecule has 4 aromatic carbocycles. The third kappa shape index (κ3) is 2.56. The number of rotatable bonds is 2. The predicted molar refractivity (Wildman–Crippen MR) is 116 cm³/mol. The minimum absolute atomic E-state index is 0.0176. The van der Waals surface area contributed by atoms with Crippen LogP contribution in [0.3, 0.4) is 0 Å². The van der Waals surface area contributed by atoms with E-state index in [9.17, 15) is 0 Å². The Labute approximate surface area is 156 Å². The molecule has 0 atom stereocenters. The number of hydrogen-bond acceptors (Lipinski definition) is 0. The molecule has 0 fully saturated rings. The summed E-state index contributed by atoms with van der Waals surface area (Å²) in [7, 11) is 0.0176. The van der Waals surface area contributed by atoms with Crippen LogP contribution in [0.5, 0.6) is 0 Å². The van der Waals surface area contributed by atoms with Gasteiger partial charge in [-0.25, -0.2) is 0 Å². The van der Waals surface area contributed by atoms with Crippen LogP contribution in [0, 0.1) is 0 Å². The van der Waals surface area contributed by atoms with Gasteiger partial charge in [-0.3, -0.25) is 0 Å². The maximum absolute atomic E-state index is 2.40. The molecule has 0 spiro atoms. The van der Waals surface area contributed by atoms with E-state index in [1.54, 1.807) is 11.1 Å². The van der Waals surface area contributed by atoms with Gasteiger partial charge in [0.05, 0.1) is 0 Å². The molecule has 0 aliphatic carbocycles. The van der Waals surface area contributed by atoms with Crippen molar-refractivity contribution in [1.29, 1.82) is 0 Å². The van der Waals surface area contributed by atoms with Crippen LogP contribution in [0.4, 0.5) is 0 Å². The van der Waals surface area contributed by atoms with Crippen LogP contribution in [-0.2, 0) is 12.3 Å². The second-order valence-corrected chi connectivity index (χ2v) is 9.77. The fourth-order valence-electron chi connectivity index (χ4n) is 4.50. The highest BCUT2D eigenvalue weighted by Crippen LogP contribution is 2.53. The van der Waals surface area contributed by atoms with Gasteiger partial charge in [0.1, 0.15) is 0 Å². The molecule has 0 radical (unpaired) electrons. The highest BCUT2D eigenvalue weighted by molar-refractivity contribution is 7.56. The lowest BCUT2D eigenvalue weighted by Gasteiger charge is -2.15. The van der Waals surface area contributed by atoms with Gasteiger partial charge >= 0.3 is 0 Å². The molecule has 0 saturated carbocycles. The molecule has 0 nitrogen and oxygen atoms in total. The highest BCUT2D eigenvalue weighted by atomic mass is 31.1. The van der Waals surface area contributed by atoms with Gasteiger partial charge < -0.3 is 0 Å². The molecule has 0 saturated heterocycles. The van der Waals surface area contributed by atoms with Gasteiger partial charge in [0.2, 0.25) is 0 Å². The molecular weight excluding hydrogens is 331 g/mol. The van der Waals surface area contributed by atoms with E-state index in [2.05, 4.69) is 79.7 Å². The molecule has 1 aliphatic heterocycles. The summed E-state index contributed by atoms with van der Waals surface area (Å²) in [5, 5.41) is 5.53. The van der Waals surface area contributed by atoms with Crippen LogP contribution in [0.15, 0.2) is 72.8 Å². The van der Waals surface area contributed by atoms with Gasteiger partial charge in [0, 0.05) is 0 Å². The first kappa shape index (κ1) is 16.0. The molecule has 0 amide bonds. The first-order chi connectivity index (χ1) is 12.8. The van der Waals surface area contributed by atoms with E-state index in [0.29, 0.717) is 0 Å². The Balaban J connectivity index is 1.91. The zero-order valence-corrected chi connectivity index (χ0v) is 16.1. The SMILES string of the molecule is CCCP1Cc2ccc3ccccc3c2-c2c(ccc3ccccc23)C1. The van der Waals surface area contributed by atoms with Crippen LogP contribution in [0.2, 0.25) is 0 Å². The summed E-state index contributed by atoms with van der Waals surface area (Å²) in [6.45, 7) is 2.33. The van der Waals surface area contributed by atoms with Crippen molar-refractivity contribution in [3.8, 4) is 11.1 Å². The van der Waals surface area contributed by atoms with Gasteiger partial charge in [-0.2, -0.15) is 0 Å². The average molecular weight is 354 g/mol. The molecule has 1 aliphatic rings. The van der Waals surface area contributed by atoms with Gasteiger partial charge in [-0.15, -0.1) is 0 Å². The van der Waals surface area contributed by atoms with E-state index >= 15 is 0 Å². The Morgan fingerprint density at radius 1 is 0.654 bits per heavy atom. The standard InChI is InChI=1S/C25H23P/c1-2-15-26-16-20-13-11-18-7-3-5-9-22(18)24(20)25-21(17-26)14-12-19-8-4-6-10-23(19)25/h3-14H,2,15-17H2,1H3. The lowest BCUT2D eigenvalue weighted by atomic mass is 9.88. The Kier molecular flexibility index (Phi) is 4.03. The van der Waals surface area contributed by atoms with Crippen molar-refractivity contribution in [2.24, 2.45) is 0 Å². The van der Waals surface area contributed by atoms with Crippen LogP contribution in [0.1, 0.15) is 24.5 Å². The van der Waals surface area contributed by atoms with Crippen molar-refractivity contribution in [2.75, 3.05) is 6.16 Å². The molecule has 0 aromatic heterocycles. The molecule has 0 bridgehead atoms. The van der Waals surface area contributed by atoms with Crippen LogP contribution < -0.4 is 0 Å². The Morgan fingerprint density at radius 2 is 1.15 bits per heavy atom. The highest BCUT2D eigenvalue weighted by Gasteiger charge is 2.23. The summed E-state index contributed by atoms with van der Waals surface area (Å²) >= 11 is 0. The summed E-state index contributed by atoms with van der Waals surface area (Å²) in [5.74, 6) is 0. The predicted octanol–water partition coefficient (Wildman–Crippen LogP) is 7.57. The van der Waals surface area contributed by atoms with Crippen molar-refractivity contribution in [3.63, 3.8) is 0 Å². The molecule has 1 heterocycles. The topological polar surface area (TPSA) is 0 Å². The molecule has 5 rings (SSSR count). The smallest absolute Gasteiger partial charge is 0.00606 e. The van der Waals surface area contributed by atoms with Gasteiger partial charge in [-0.1, -0.05) is 94.1 Å². The average Bonchev–Trinajstić information content (AvgIpc) is 2.84. The van der Waals surface area contributed by atoms with Gasteiger partial charge in [-0.05, 0) is 62.3 Å². The minimum Gasteiger partial charge on any atom is -0.0977 e. The molecule has 4 aromatic rings. The summed E-state index contributed by atoms with van der Waals surface area (Å²) < 4.78 is 0. The fraction of sp³-hybridized carbons (Fsp3) is 0.200. The zero-order chi connectivity index (χ0) is 17.5. The maximum atomic E-state index is 2.40. The number of benzene rings is 4. The van der Waals surface area contributed by atoms with E-state index in [1.807, 2.05) is 0 Å². The van der Waals surface area contributed by atoms with E-state index in [4.69, 9.17) is 0 Å². The van der Waals surface area contributed by atoms with Gasteiger partial charge in [0.25, 0.3) is 0 Å². The number of hydrogen-bond donors (Lipinski definition) is 0. The molecule has 1 heteroatoms. The molecule has 128 valence electrons. The molecule has 0 unspecified atom stereocenters. The van der Waals surface area contributed by atoms with Gasteiger partial charge in [0.15, 0.2) is 0 Å². The summed E-state index contributed by atoms with van der Waals surface area (Å²) in [6, 6.07) is 27.3. The van der Waals surface area contributed by atoms with Crippen molar-refractivity contribution >= 4 is 29.5 Å². The summed E-state index contributed by atoms with van der Waals surface area (Å²) in [4.78, 5) is 0. The second-order valence-electron chi connectivity index (χ2n) is 7.35. The van der Waals surface area contributed by atoms with Crippen molar-refractivity contribution in [2.45, 2.75) is 25.7 Å². The fourth-order valence-corrected chi connectivity index (χ4v) is 7.05. The normalized spacial score (nSPS) is 14.2. The van der Waals surface area contributed by atoms with Crippen molar-refractivity contribution in [1.82, 2.24) is 0 Å². The van der Waals surface area contributed by atoms with Crippen molar-refractivity contribution in [3.05, 3.63) is 83.9 Å². The quantitative estimate of drug-likeness (QED) is 0.326. The summed E-state index contributed by atoms with van der Waals surface area (Å²) in [5.41, 5.74) is 6.10. The Bertz CT molecular complexity index is 1020. The monoisotopic (exact) mass is 354 g/mol. The zero-order valence-electron chi connectivity index (χ0n) is 15.2. The van der Waals surface area contributed by atoms with Crippen molar-refractivity contribution < 1.29 is 0 Å². The lowest BCUT2D eigenvalue weighted by molar-refractivity contribution is 1.08. The largest absolute Gasteiger partial charge is 0.0977 e. The Morgan fingerprint density at radius 3 is 1.65 bits per heavy atom. The maximum Gasteiger partial charge on any atom is -0.00606 e. The van der Waals surface area contributed by atoms with E-state index < -0.39 is 0 Å². The first-order valence-electron chi connectivity index (χ1n) is 9.59. The first-order valence-corrected chi connectivity index (χ1v) is 11.5. The third-order valence-corrected chi connectivity index (χ3v) is 8.26. The second kappa shape index (κ2) is 6.53. The van der Waals surface area contributed by atoms with E-state index in [0.717, 1.165) is 0 Å². The summed E-state index contributed by atoms with van der Waals surface area (Å²) in [6.07, 6.45) is 5.17. The van der Waals surface area contributed by atoms with E-state index in [-0.39, 0.29) is 7.92 Å². The Hall–Kier alpha value is -2.17. The number of fused-ring (bicyclic) bond motifs is 7. The molecule has 0 N–H and O–H groups in total.